The normalized spacial score (nSPS) is 17.3. The van der Waals surface area contributed by atoms with Gasteiger partial charge in [0.15, 0.2) is 0 Å². The molecule has 1 unspecified atom stereocenters. The van der Waals surface area contributed by atoms with E-state index in [-0.39, 0.29) is 0 Å². The standard InChI is InChI=1S/C14H20N2O3/c15-14(18)19-12-5-3-11(4-6-12)13(17)7-10-16-8-1-2-9-16/h3-6,13,17H,1-2,7-10H2,(H2,15,18). The second-order valence-electron chi connectivity index (χ2n) is 4.84. The predicted molar refractivity (Wildman–Crippen MR) is 71.9 cm³/mol. The van der Waals surface area contributed by atoms with Gasteiger partial charge in [0.25, 0.3) is 0 Å². The molecule has 104 valence electrons. The third kappa shape index (κ3) is 4.22. The van der Waals surface area contributed by atoms with Gasteiger partial charge in [0.1, 0.15) is 5.75 Å². The van der Waals surface area contributed by atoms with Crippen LogP contribution >= 0.6 is 0 Å². The van der Waals surface area contributed by atoms with Crippen LogP contribution in [-0.2, 0) is 0 Å². The molecule has 0 radical (unpaired) electrons. The highest BCUT2D eigenvalue weighted by atomic mass is 16.5. The van der Waals surface area contributed by atoms with Crippen LogP contribution in [0.5, 0.6) is 5.75 Å². The van der Waals surface area contributed by atoms with E-state index in [0.29, 0.717) is 5.75 Å². The molecule has 5 nitrogen and oxygen atoms in total. The fraction of sp³-hybridized carbons (Fsp3) is 0.500. The maximum Gasteiger partial charge on any atom is 0.409 e. The molecule has 0 saturated carbocycles. The van der Waals surface area contributed by atoms with Crippen molar-refractivity contribution in [3.05, 3.63) is 29.8 Å². The Balaban J connectivity index is 1.84. The van der Waals surface area contributed by atoms with Crippen molar-refractivity contribution in [2.75, 3.05) is 19.6 Å². The summed E-state index contributed by atoms with van der Waals surface area (Å²) < 4.78 is 4.74. The van der Waals surface area contributed by atoms with Crippen LogP contribution < -0.4 is 10.5 Å². The van der Waals surface area contributed by atoms with Gasteiger partial charge in [-0.1, -0.05) is 12.1 Å². The highest BCUT2D eigenvalue weighted by Crippen LogP contribution is 2.21. The summed E-state index contributed by atoms with van der Waals surface area (Å²) in [6, 6.07) is 6.79. The molecule has 1 amide bonds. The average Bonchev–Trinajstić information content (AvgIpc) is 2.89. The van der Waals surface area contributed by atoms with Gasteiger partial charge >= 0.3 is 6.09 Å². The maximum atomic E-state index is 10.6. The summed E-state index contributed by atoms with van der Waals surface area (Å²) in [5, 5.41) is 10.1. The van der Waals surface area contributed by atoms with Crippen molar-refractivity contribution in [2.24, 2.45) is 5.73 Å². The van der Waals surface area contributed by atoms with Crippen molar-refractivity contribution in [1.29, 1.82) is 0 Å². The lowest BCUT2D eigenvalue weighted by Crippen LogP contribution is -2.22. The highest BCUT2D eigenvalue weighted by molar-refractivity contribution is 5.68. The van der Waals surface area contributed by atoms with Gasteiger partial charge in [-0.15, -0.1) is 0 Å². The van der Waals surface area contributed by atoms with Crippen LogP contribution in [0.1, 0.15) is 30.9 Å². The van der Waals surface area contributed by atoms with Crippen LogP contribution in [0.4, 0.5) is 4.79 Å². The molecule has 0 spiro atoms. The molecule has 0 bridgehead atoms. The molecule has 1 aromatic carbocycles. The summed E-state index contributed by atoms with van der Waals surface area (Å²) in [4.78, 5) is 13.0. The number of amides is 1. The summed E-state index contributed by atoms with van der Waals surface area (Å²) in [7, 11) is 0. The van der Waals surface area contributed by atoms with Crippen LogP contribution in [0.15, 0.2) is 24.3 Å². The predicted octanol–water partition coefficient (Wildman–Crippen LogP) is 1.66. The van der Waals surface area contributed by atoms with E-state index in [1.165, 1.54) is 12.8 Å². The quantitative estimate of drug-likeness (QED) is 0.848. The Morgan fingerprint density at radius 2 is 1.95 bits per heavy atom. The molecule has 1 aromatic rings. The lowest BCUT2D eigenvalue weighted by molar-refractivity contribution is 0.149. The molecular weight excluding hydrogens is 244 g/mol. The molecule has 0 aliphatic carbocycles. The zero-order chi connectivity index (χ0) is 13.7. The van der Waals surface area contributed by atoms with Gasteiger partial charge in [-0.2, -0.15) is 0 Å². The smallest absolute Gasteiger partial charge is 0.409 e. The lowest BCUT2D eigenvalue weighted by Gasteiger charge is -2.17. The molecule has 1 saturated heterocycles. The van der Waals surface area contributed by atoms with Crippen LogP contribution in [0.25, 0.3) is 0 Å². The molecule has 1 aliphatic heterocycles. The summed E-state index contributed by atoms with van der Waals surface area (Å²) >= 11 is 0. The summed E-state index contributed by atoms with van der Waals surface area (Å²) in [6.07, 6.45) is 1.92. The van der Waals surface area contributed by atoms with Crippen LogP contribution in [0, 0.1) is 0 Å². The van der Waals surface area contributed by atoms with Gasteiger partial charge in [0.2, 0.25) is 0 Å². The van der Waals surface area contributed by atoms with E-state index in [0.717, 1.165) is 31.6 Å². The number of ether oxygens (including phenoxy) is 1. The number of likely N-dealkylation sites (tertiary alicyclic amines) is 1. The van der Waals surface area contributed by atoms with Crippen molar-refractivity contribution in [1.82, 2.24) is 4.90 Å². The van der Waals surface area contributed by atoms with Gasteiger partial charge in [-0.05, 0) is 50.0 Å². The number of carbonyl (C=O) groups is 1. The minimum Gasteiger partial charge on any atom is -0.411 e. The molecule has 5 heteroatoms. The van der Waals surface area contributed by atoms with Gasteiger partial charge in [0.05, 0.1) is 6.10 Å². The number of primary amides is 1. The summed E-state index contributed by atoms with van der Waals surface area (Å²) in [6.45, 7) is 3.19. The first-order valence-electron chi connectivity index (χ1n) is 6.63. The van der Waals surface area contributed by atoms with E-state index in [1.807, 2.05) is 0 Å². The molecule has 0 aromatic heterocycles. The molecule has 1 fully saturated rings. The van der Waals surface area contributed by atoms with Crippen LogP contribution in [-0.4, -0.2) is 35.7 Å². The van der Waals surface area contributed by atoms with Crippen LogP contribution in [0.2, 0.25) is 0 Å². The summed E-state index contributed by atoms with van der Waals surface area (Å²) in [5.41, 5.74) is 5.75. The molecular formula is C14H20N2O3. The molecule has 1 heterocycles. The lowest BCUT2D eigenvalue weighted by atomic mass is 10.1. The first-order chi connectivity index (χ1) is 9.15. The van der Waals surface area contributed by atoms with Gasteiger partial charge in [-0.25, -0.2) is 4.79 Å². The zero-order valence-corrected chi connectivity index (χ0v) is 10.9. The van der Waals surface area contributed by atoms with E-state index < -0.39 is 12.2 Å². The van der Waals surface area contributed by atoms with Crippen molar-refractivity contribution < 1.29 is 14.6 Å². The number of aliphatic hydroxyl groups excluding tert-OH is 1. The molecule has 3 N–H and O–H groups in total. The number of aliphatic hydroxyl groups is 1. The number of nitrogens with two attached hydrogens (primary N) is 1. The Bertz CT molecular complexity index is 413. The van der Waals surface area contributed by atoms with Crippen molar-refractivity contribution >= 4 is 6.09 Å². The largest absolute Gasteiger partial charge is 0.411 e. The monoisotopic (exact) mass is 264 g/mol. The van der Waals surface area contributed by atoms with Crippen molar-refractivity contribution in [2.45, 2.75) is 25.4 Å². The zero-order valence-electron chi connectivity index (χ0n) is 10.9. The van der Waals surface area contributed by atoms with Crippen molar-refractivity contribution in [3.63, 3.8) is 0 Å². The number of carbonyl (C=O) groups excluding carboxylic acids is 1. The average molecular weight is 264 g/mol. The molecule has 1 aliphatic rings. The van der Waals surface area contributed by atoms with Crippen LogP contribution in [0.3, 0.4) is 0 Å². The number of hydrogen-bond acceptors (Lipinski definition) is 4. The third-order valence-corrected chi connectivity index (χ3v) is 3.40. The SMILES string of the molecule is NC(=O)Oc1ccc(C(O)CCN2CCCC2)cc1. The second-order valence-corrected chi connectivity index (χ2v) is 4.84. The fourth-order valence-corrected chi connectivity index (χ4v) is 2.35. The minimum absolute atomic E-state index is 0.392. The topological polar surface area (TPSA) is 75.8 Å². The number of hydrogen-bond donors (Lipinski definition) is 2. The maximum absolute atomic E-state index is 10.6. The fourth-order valence-electron chi connectivity index (χ4n) is 2.35. The van der Waals surface area contributed by atoms with Gasteiger partial charge < -0.3 is 20.5 Å². The second kappa shape index (κ2) is 6.54. The Morgan fingerprint density at radius 1 is 1.32 bits per heavy atom. The van der Waals surface area contributed by atoms with E-state index in [2.05, 4.69) is 4.90 Å². The minimum atomic E-state index is -0.831. The highest BCUT2D eigenvalue weighted by Gasteiger charge is 2.14. The first kappa shape index (κ1) is 13.8. The van der Waals surface area contributed by atoms with E-state index in [4.69, 9.17) is 10.5 Å². The Hall–Kier alpha value is -1.59. The number of nitrogens with zero attached hydrogens (tertiary/aromatic N) is 1. The Labute approximate surface area is 113 Å². The molecule has 2 rings (SSSR count). The van der Waals surface area contributed by atoms with E-state index in [9.17, 15) is 9.90 Å². The third-order valence-electron chi connectivity index (χ3n) is 3.40. The van der Waals surface area contributed by atoms with Gasteiger partial charge in [-0.3, -0.25) is 0 Å². The Morgan fingerprint density at radius 3 is 2.53 bits per heavy atom. The number of rotatable bonds is 5. The Kier molecular flexibility index (Phi) is 4.76. The molecule has 19 heavy (non-hydrogen) atoms. The van der Waals surface area contributed by atoms with Crippen molar-refractivity contribution in [3.8, 4) is 5.75 Å². The van der Waals surface area contributed by atoms with Gasteiger partial charge in [0, 0.05) is 6.54 Å². The van der Waals surface area contributed by atoms with E-state index >= 15 is 0 Å². The molecule has 1 atom stereocenters. The van der Waals surface area contributed by atoms with E-state index in [1.54, 1.807) is 24.3 Å². The first-order valence-corrected chi connectivity index (χ1v) is 6.63. The summed E-state index contributed by atoms with van der Waals surface area (Å²) in [5.74, 6) is 0.392. The number of benzene rings is 1.